The summed E-state index contributed by atoms with van der Waals surface area (Å²) in [5.74, 6) is -0.940. The van der Waals surface area contributed by atoms with E-state index in [-0.39, 0.29) is 48.1 Å². The molecular weight excluding hydrogens is 574 g/mol. The molecule has 12 nitrogen and oxygen atoms in total. The summed E-state index contributed by atoms with van der Waals surface area (Å²) in [5.41, 5.74) is 6.01. The summed E-state index contributed by atoms with van der Waals surface area (Å²) in [6.45, 7) is 14.7. The Morgan fingerprint density at radius 3 is 1.84 bits per heavy atom. The molecule has 0 heterocycles. The van der Waals surface area contributed by atoms with Crippen LogP contribution in [-0.2, 0) is 34.9 Å². The molecule has 1 aliphatic rings. The second-order valence-electron chi connectivity index (χ2n) is 13.6. The highest BCUT2D eigenvalue weighted by Gasteiger charge is 2.27. The molecule has 0 amide bonds. The Bertz CT molecular complexity index is 1120. The van der Waals surface area contributed by atoms with Gasteiger partial charge in [-0.05, 0) is 74.5 Å². The molecule has 2 rings (SSSR count). The second-order valence-corrected chi connectivity index (χ2v) is 13.6. The Morgan fingerprint density at radius 2 is 1.30 bits per heavy atom. The van der Waals surface area contributed by atoms with Gasteiger partial charge in [-0.1, -0.05) is 54.0 Å². The third-order valence-corrected chi connectivity index (χ3v) is 6.46. The predicted octanol–water partition coefficient (Wildman–Crippen LogP) is 6.49. The molecule has 1 aromatic rings. The number of hydrogen-bond acceptors (Lipinski definition) is 12. The summed E-state index contributed by atoms with van der Waals surface area (Å²) < 4.78 is 37.1. The summed E-state index contributed by atoms with van der Waals surface area (Å²) in [6.07, 6.45) is 0.256. The Morgan fingerprint density at radius 1 is 0.773 bits per heavy atom. The van der Waals surface area contributed by atoms with Crippen molar-refractivity contribution in [1.29, 1.82) is 0 Å². The first-order chi connectivity index (χ1) is 20.4. The van der Waals surface area contributed by atoms with Crippen LogP contribution < -0.4 is 15.2 Å². The highest BCUT2D eigenvalue weighted by molar-refractivity contribution is 5.76. The van der Waals surface area contributed by atoms with Crippen molar-refractivity contribution in [3.63, 3.8) is 0 Å². The first-order valence-corrected chi connectivity index (χ1v) is 15.1. The molecule has 248 valence electrons. The van der Waals surface area contributed by atoms with Crippen LogP contribution in [0.15, 0.2) is 18.2 Å². The molecule has 0 aliphatic heterocycles. The largest absolute Gasteiger partial charge is 0.513 e. The van der Waals surface area contributed by atoms with E-state index in [1.807, 2.05) is 41.5 Å². The van der Waals surface area contributed by atoms with E-state index >= 15 is 0 Å². The van der Waals surface area contributed by atoms with Crippen molar-refractivity contribution in [1.82, 2.24) is 0 Å². The lowest BCUT2D eigenvalue weighted by molar-refractivity contribution is -0.155. The molecule has 12 heteroatoms. The first kappa shape index (κ1) is 36.7. The van der Waals surface area contributed by atoms with Crippen LogP contribution in [0, 0.1) is 10.8 Å². The van der Waals surface area contributed by atoms with E-state index in [4.69, 9.17) is 38.9 Å². The van der Waals surface area contributed by atoms with Crippen LogP contribution in [0.2, 0.25) is 0 Å². The third-order valence-electron chi connectivity index (χ3n) is 6.46. The average Bonchev–Trinajstić information content (AvgIpc) is 2.91. The Balaban J connectivity index is 2.03. The number of carbonyl (C=O) groups is 4. The number of benzene rings is 1. The molecule has 0 radical (unpaired) electrons. The van der Waals surface area contributed by atoms with Gasteiger partial charge in [0.25, 0.3) is 0 Å². The van der Waals surface area contributed by atoms with Gasteiger partial charge in [-0.25, -0.2) is 14.4 Å². The summed E-state index contributed by atoms with van der Waals surface area (Å²) in [5, 5.41) is 0. The zero-order valence-electron chi connectivity index (χ0n) is 27.3. The highest BCUT2D eigenvalue weighted by Crippen LogP contribution is 2.30. The first-order valence-electron chi connectivity index (χ1n) is 15.1. The monoisotopic (exact) mass is 623 g/mol. The Kier molecular flexibility index (Phi) is 13.8. The van der Waals surface area contributed by atoms with Crippen molar-refractivity contribution >= 4 is 24.4 Å². The van der Waals surface area contributed by atoms with E-state index in [0.29, 0.717) is 5.56 Å². The fourth-order valence-corrected chi connectivity index (χ4v) is 3.93. The van der Waals surface area contributed by atoms with Crippen molar-refractivity contribution in [3.8, 4) is 11.5 Å². The lowest BCUT2D eigenvalue weighted by atomic mass is 9.98. The smallest absolute Gasteiger partial charge is 0.458 e. The minimum Gasteiger partial charge on any atom is -0.458 e. The fraction of sp³-hybridized carbons (Fsp3) is 0.688. The average molecular weight is 624 g/mol. The summed E-state index contributed by atoms with van der Waals surface area (Å²) in [4.78, 5) is 49.6. The van der Waals surface area contributed by atoms with Crippen LogP contribution in [0.25, 0.3) is 0 Å². The molecule has 1 saturated carbocycles. The molecule has 1 unspecified atom stereocenters. The van der Waals surface area contributed by atoms with Gasteiger partial charge in [0.2, 0.25) is 0 Å². The summed E-state index contributed by atoms with van der Waals surface area (Å²) >= 11 is 0. The lowest BCUT2D eigenvalue weighted by Crippen LogP contribution is -2.39. The molecular formula is C32H49NO11. The number of ether oxygens (including phenoxy) is 7. The van der Waals surface area contributed by atoms with Gasteiger partial charge in [0.05, 0.1) is 13.2 Å². The molecule has 1 fully saturated rings. The normalized spacial score (nSPS) is 16.1. The maximum Gasteiger partial charge on any atom is 0.513 e. The van der Waals surface area contributed by atoms with Crippen LogP contribution in [0.1, 0.15) is 93.1 Å². The zero-order chi connectivity index (χ0) is 33.1. The van der Waals surface area contributed by atoms with E-state index in [1.54, 1.807) is 19.9 Å². The molecule has 1 aliphatic carbocycles. The maximum absolute atomic E-state index is 12.8. The van der Waals surface area contributed by atoms with Crippen LogP contribution in [0.5, 0.6) is 11.5 Å². The number of rotatable bonds is 11. The zero-order valence-corrected chi connectivity index (χ0v) is 27.3. The fourth-order valence-electron chi connectivity index (χ4n) is 3.93. The van der Waals surface area contributed by atoms with Crippen LogP contribution in [0.3, 0.4) is 0 Å². The van der Waals surface area contributed by atoms with Gasteiger partial charge in [-0.3, -0.25) is 4.79 Å². The van der Waals surface area contributed by atoms with Gasteiger partial charge in [0.15, 0.2) is 11.5 Å². The van der Waals surface area contributed by atoms with Gasteiger partial charge in [-0.15, -0.1) is 0 Å². The van der Waals surface area contributed by atoms with Crippen molar-refractivity contribution in [2.24, 2.45) is 16.6 Å². The van der Waals surface area contributed by atoms with Crippen molar-refractivity contribution in [3.05, 3.63) is 23.8 Å². The van der Waals surface area contributed by atoms with Gasteiger partial charge in [0.1, 0.15) is 24.4 Å². The summed E-state index contributed by atoms with van der Waals surface area (Å²) in [6, 6.07) is 3.26. The minimum atomic E-state index is -1.11. The summed E-state index contributed by atoms with van der Waals surface area (Å²) in [7, 11) is 0. The third kappa shape index (κ3) is 14.3. The maximum atomic E-state index is 12.8. The van der Waals surface area contributed by atoms with Crippen molar-refractivity contribution < 1.29 is 52.3 Å². The van der Waals surface area contributed by atoms with E-state index in [9.17, 15) is 19.2 Å². The highest BCUT2D eigenvalue weighted by atomic mass is 16.8. The van der Waals surface area contributed by atoms with E-state index in [0.717, 1.165) is 32.1 Å². The molecule has 0 saturated heterocycles. The Labute approximate surface area is 260 Å². The second kappa shape index (κ2) is 16.5. The molecule has 1 aromatic carbocycles. The minimum absolute atomic E-state index is 0.00728. The van der Waals surface area contributed by atoms with E-state index < -0.39 is 42.7 Å². The Hall–Kier alpha value is -3.54. The van der Waals surface area contributed by atoms with Crippen LogP contribution >= 0.6 is 0 Å². The molecule has 3 atom stereocenters. The van der Waals surface area contributed by atoms with E-state index in [1.165, 1.54) is 12.1 Å². The number of esters is 1. The van der Waals surface area contributed by atoms with E-state index in [2.05, 4.69) is 0 Å². The van der Waals surface area contributed by atoms with Crippen molar-refractivity contribution in [2.75, 3.05) is 13.2 Å². The SMILES string of the molecule is CC(OC(=O)OC1CCCCC1)[C@H](C)OC(=O)[C@@H](N)Cc1ccc(OC(=O)OCC(C)(C)C)c(OC(=O)OCC(C)(C)C)c1. The van der Waals surface area contributed by atoms with Gasteiger partial charge >= 0.3 is 24.4 Å². The van der Waals surface area contributed by atoms with Gasteiger partial charge in [0, 0.05) is 0 Å². The molecule has 0 spiro atoms. The number of carbonyl (C=O) groups excluding carboxylic acids is 4. The predicted molar refractivity (Wildman–Crippen MR) is 160 cm³/mol. The molecule has 2 N–H and O–H groups in total. The molecule has 0 aromatic heterocycles. The van der Waals surface area contributed by atoms with Crippen LogP contribution in [-0.4, -0.2) is 62.0 Å². The number of nitrogens with two attached hydrogens (primary N) is 1. The van der Waals surface area contributed by atoms with Gasteiger partial charge < -0.3 is 38.9 Å². The lowest BCUT2D eigenvalue weighted by Gasteiger charge is -2.25. The molecule has 44 heavy (non-hydrogen) atoms. The standard InChI is InChI=1S/C32H49NO11/c1-20(21(2)41-30(37)42-23-12-10-9-11-13-23)40-27(34)24(33)16-22-14-15-25(43-28(35)38-18-31(3,4)5)26(17-22)44-29(36)39-19-32(6,7)8/h14-15,17,20-21,23-24H,9-13,16,18-19,33H2,1-8H3/t20-,21?,24-/m0/s1. The molecule has 0 bridgehead atoms. The van der Waals surface area contributed by atoms with Crippen LogP contribution in [0.4, 0.5) is 14.4 Å². The van der Waals surface area contributed by atoms with Gasteiger partial charge in [-0.2, -0.15) is 0 Å². The van der Waals surface area contributed by atoms with Crippen molar-refractivity contribution in [2.45, 2.75) is 118 Å². The quantitative estimate of drug-likeness (QED) is 0.162. The topological polar surface area (TPSA) is 159 Å². The number of hydrogen-bond donors (Lipinski definition) is 1.